The summed E-state index contributed by atoms with van der Waals surface area (Å²) < 4.78 is 44.8. The predicted molar refractivity (Wildman–Crippen MR) is 152 cm³/mol. The molecule has 0 aliphatic rings. The van der Waals surface area contributed by atoms with Gasteiger partial charge in [-0.3, -0.25) is 13.9 Å². The van der Waals surface area contributed by atoms with Crippen LogP contribution in [0.2, 0.25) is 0 Å². The third-order valence-corrected chi connectivity index (χ3v) is 8.17. The topological polar surface area (TPSA) is 114 Å². The number of benzene rings is 3. The number of sulfonamides is 1. The van der Waals surface area contributed by atoms with Crippen molar-refractivity contribution in [3.05, 3.63) is 78.4 Å². The van der Waals surface area contributed by atoms with Crippen LogP contribution >= 0.6 is 0 Å². The van der Waals surface area contributed by atoms with Gasteiger partial charge in [0.05, 0.1) is 31.9 Å². The Bertz CT molecular complexity index is 1410. The van der Waals surface area contributed by atoms with E-state index >= 15 is 0 Å². The molecule has 0 saturated heterocycles. The van der Waals surface area contributed by atoms with Gasteiger partial charge in [0.2, 0.25) is 11.8 Å². The molecule has 11 heteroatoms. The van der Waals surface area contributed by atoms with Crippen LogP contribution in [-0.4, -0.2) is 66.1 Å². The van der Waals surface area contributed by atoms with E-state index in [9.17, 15) is 18.0 Å². The molecule has 3 aromatic carbocycles. The number of methoxy groups -OCH3 is 3. The number of carbonyl (C=O) groups excluding carboxylic acids is 2. The van der Waals surface area contributed by atoms with Gasteiger partial charge in [-0.15, -0.1) is 0 Å². The third kappa shape index (κ3) is 6.84. The van der Waals surface area contributed by atoms with Gasteiger partial charge in [0.15, 0.2) is 11.5 Å². The zero-order valence-corrected chi connectivity index (χ0v) is 24.1. The van der Waals surface area contributed by atoms with Crippen molar-refractivity contribution >= 4 is 27.5 Å². The average molecular weight is 570 g/mol. The van der Waals surface area contributed by atoms with Crippen molar-refractivity contribution in [2.45, 2.75) is 30.8 Å². The SMILES string of the molecule is CC[C@H](C(=O)NC)N(Cc1cccc(OC)c1)C(=O)CN(c1ccc(OC)c(OC)c1)S(=O)(=O)c1ccccc1. The minimum atomic E-state index is -4.20. The fourth-order valence-electron chi connectivity index (χ4n) is 4.28. The zero-order chi connectivity index (χ0) is 29.3. The van der Waals surface area contributed by atoms with Crippen LogP contribution in [0, 0.1) is 0 Å². The molecule has 1 atom stereocenters. The summed E-state index contributed by atoms with van der Waals surface area (Å²) in [5, 5.41) is 2.61. The summed E-state index contributed by atoms with van der Waals surface area (Å²) in [7, 11) is 1.74. The number of ether oxygens (including phenoxy) is 3. The lowest BCUT2D eigenvalue weighted by molar-refractivity contribution is -0.140. The molecule has 0 aliphatic heterocycles. The molecule has 1 N–H and O–H groups in total. The van der Waals surface area contributed by atoms with E-state index in [1.807, 2.05) is 6.07 Å². The van der Waals surface area contributed by atoms with Crippen molar-refractivity contribution in [2.75, 3.05) is 39.2 Å². The van der Waals surface area contributed by atoms with Gasteiger partial charge < -0.3 is 24.4 Å². The highest BCUT2D eigenvalue weighted by molar-refractivity contribution is 7.92. The fraction of sp³-hybridized carbons (Fsp3) is 0.310. The van der Waals surface area contributed by atoms with Crippen LogP contribution in [0.1, 0.15) is 18.9 Å². The lowest BCUT2D eigenvalue weighted by Gasteiger charge is -2.33. The van der Waals surface area contributed by atoms with E-state index < -0.39 is 28.5 Å². The summed E-state index contributed by atoms with van der Waals surface area (Å²) in [6.07, 6.45) is 0.317. The maximum atomic E-state index is 14.0. The number of amides is 2. The molecular weight excluding hydrogens is 534 g/mol. The third-order valence-electron chi connectivity index (χ3n) is 6.38. The molecule has 0 aromatic heterocycles. The minimum absolute atomic E-state index is 0.00951. The molecule has 0 heterocycles. The van der Waals surface area contributed by atoms with Gasteiger partial charge in [0.1, 0.15) is 18.3 Å². The second-order valence-corrected chi connectivity index (χ2v) is 10.6. The van der Waals surface area contributed by atoms with Crippen LogP contribution in [0.25, 0.3) is 0 Å². The lowest BCUT2D eigenvalue weighted by atomic mass is 10.1. The van der Waals surface area contributed by atoms with E-state index in [4.69, 9.17) is 14.2 Å². The largest absolute Gasteiger partial charge is 0.497 e. The van der Waals surface area contributed by atoms with E-state index in [0.717, 1.165) is 9.87 Å². The smallest absolute Gasteiger partial charge is 0.264 e. The first kappa shape index (κ1) is 30.3. The van der Waals surface area contributed by atoms with Gasteiger partial charge >= 0.3 is 0 Å². The summed E-state index contributed by atoms with van der Waals surface area (Å²) in [5.41, 5.74) is 0.919. The van der Waals surface area contributed by atoms with Gasteiger partial charge in [0.25, 0.3) is 10.0 Å². The quantitative estimate of drug-likeness (QED) is 0.335. The van der Waals surface area contributed by atoms with E-state index in [1.165, 1.54) is 57.5 Å². The van der Waals surface area contributed by atoms with Crippen LogP contribution in [0.5, 0.6) is 17.2 Å². The Morgan fingerprint density at radius 2 is 1.57 bits per heavy atom. The maximum Gasteiger partial charge on any atom is 0.264 e. The number of likely N-dealkylation sites (N-methyl/N-ethyl adjacent to an activating group) is 1. The molecule has 40 heavy (non-hydrogen) atoms. The summed E-state index contributed by atoms with van der Waals surface area (Å²) in [6, 6.07) is 18.7. The second-order valence-electron chi connectivity index (χ2n) is 8.78. The Morgan fingerprint density at radius 3 is 2.17 bits per heavy atom. The van der Waals surface area contributed by atoms with Crippen molar-refractivity contribution in [1.82, 2.24) is 10.2 Å². The second kappa shape index (κ2) is 13.7. The number of nitrogens with zero attached hydrogens (tertiary/aromatic N) is 2. The van der Waals surface area contributed by atoms with Gasteiger partial charge in [0, 0.05) is 19.7 Å². The molecule has 10 nitrogen and oxygen atoms in total. The Morgan fingerprint density at radius 1 is 0.875 bits per heavy atom. The van der Waals surface area contributed by atoms with Crippen molar-refractivity contribution in [3.8, 4) is 17.2 Å². The molecule has 3 rings (SSSR count). The minimum Gasteiger partial charge on any atom is -0.497 e. The normalized spacial score (nSPS) is 11.7. The fourth-order valence-corrected chi connectivity index (χ4v) is 5.71. The Labute approximate surface area is 235 Å². The van der Waals surface area contributed by atoms with Crippen LogP contribution < -0.4 is 23.8 Å². The van der Waals surface area contributed by atoms with Crippen molar-refractivity contribution in [3.63, 3.8) is 0 Å². The molecule has 0 unspecified atom stereocenters. The molecule has 214 valence electrons. The van der Waals surface area contributed by atoms with Crippen LogP contribution in [0.3, 0.4) is 0 Å². The van der Waals surface area contributed by atoms with Crippen LogP contribution in [-0.2, 0) is 26.2 Å². The molecule has 0 fully saturated rings. The monoisotopic (exact) mass is 569 g/mol. The highest BCUT2D eigenvalue weighted by atomic mass is 32.2. The Kier molecular flexibility index (Phi) is 10.4. The highest BCUT2D eigenvalue weighted by Crippen LogP contribution is 2.34. The predicted octanol–water partition coefficient (Wildman–Crippen LogP) is 3.46. The molecule has 2 amide bonds. The van der Waals surface area contributed by atoms with Gasteiger partial charge in [-0.2, -0.15) is 0 Å². The number of hydrogen-bond donors (Lipinski definition) is 1. The number of rotatable bonds is 13. The molecule has 0 spiro atoms. The van der Waals surface area contributed by atoms with Crippen molar-refractivity contribution in [1.29, 1.82) is 0 Å². The molecule has 0 aliphatic carbocycles. The Balaban J connectivity index is 2.11. The molecule has 0 radical (unpaired) electrons. The first-order valence-corrected chi connectivity index (χ1v) is 14.1. The number of carbonyl (C=O) groups is 2. The summed E-state index contributed by atoms with van der Waals surface area (Å²) in [4.78, 5) is 28.3. The van der Waals surface area contributed by atoms with E-state index in [0.29, 0.717) is 23.7 Å². The standard InChI is InChI=1S/C29H35N3O7S/c1-6-25(29(34)30-2)31(19-21-11-10-12-23(17-21)37-3)28(33)20-32(40(35,36)24-13-8-7-9-14-24)22-15-16-26(38-4)27(18-22)39-5/h7-18,25H,6,19-20H2,1-5H3,(H,30,34)/t25-/m1/s1. The highest BCUT2D eigenvalue weighted by Gasteiger charge is 2.33. The molecular formula is C29H35N3O7S. The summed E-state index contributed by atoms with van der Waals surface area (Å²) in [6.45, 7) is 1.29. The van der Waals surface area contributed by atoms with E-state index in [-0.39, 0.29) is 23.0 Å². The number of nitrogens with one attached hydrogen (secondary N) is 1. The number of anilines is 1. The molecule has 0 saturated carbocycles. The lowest BCUT2D eigenvalue weighted by Crippen LogP contribution is -2.51. The van der Waals surface area contributed by atoms with Gasteiger partial charge in [-0.25, -0.2) is 8.42 Å². The molecule has 3 aromatic rings. The van der Waals surface area contributed by atoms with Crippen LogP contribution in [0.4, 0.5) is 5.69 Å². The first-order chi connectivity index (χ1) is 19.2. The average Bonchev–Trinajstić information content (AvgIpc) is 2.99. The van der Waals surface area contributed by atoms with Gasteiger partial charge in [-0.05, 0) is 48.4 Å². The maximum absolute atomic E-state index is 14.0. The first-order valence-electron chi connectivity index (χ1n) is 12.6. The van der Waals surface area contributed by atoms with Crippen molar-refractivity contribution in [2.24, 2.45) is 0 Å². The summed E-state index contributed by atoms with van der Waals surface area (Å²) >= 11 is 0. The zero-order valence-electron chi connectivity index (χ0n) is 23.3. The van der Waals surface area contributed by atoms with E-state index in [2.05, 4.69) is 5.32 Å². The number of hydrogen-bond acceptors (Lipinski definition) is 7. The van der Waals surface area contributed by atoms with E-state index in [1.54, 1.807) is 49.4 Å². The Hall–Kier alpha value is -4.25. The van der Waals surface area contributed by atoms with Crippen LogP contribution in [0.15, 0.2) is 77.7 Å². The molecule has 0 bridgehead atoms. The summed E-state index contributed by atoms with van der Waals surface area (Å²) in [5.74, 6) is 0.372. The van der Waals surface area contributed by atoms with Gasteiger partial charge in [-0.1, -0.05) is 37.3 Å². The van der Waals surface area contributed by atoms with Crippen molar-refractivity contribution < 1.29 is 32.2 Å².